The number of aliphatic hydroxyl groups is 1. The lowest BCUT2D eigenvalue weighted by Crippen LogP contribution is -2.42. The Balaban J connectivity index is 1.48. The maximum Gasteiger partial charge on any atom is 0.270 e. The molecule has 7 nitrogen and oxygen atoms in total. The number of piperidine rings is 1. The fourth-order valence-electron chi connectivity index (χ4n) is 3.55. The Hall–Kier alpha value is -3.06. The van der Waals surface area contributed by atoms with E-state index in [1.165, 1.54) is 10.6 Å². The van der Waals surface area contributed by atoms with Crippen molar-refractivity contribution >= 4 is 11.6 Å². The average molecular weight is 364 g/mol. The highest BCUT2D eigenvalue weighted by Gasteiger charge is 2.30. The van der Waals surface area contributed by atoms with E-state index in [1.807, 2.05) is 18.2 Å². The molecular weight excluding hydrogens is 344 g/mol. The second kappa shape index (κ2) is 7.28. The zero-order chi connectivity index (χ0) is 18.8. The van der Waals surface area contributed by atoms with Crippen molar-refractivity contribution in [2.45, 2.75) is 18.9 Å². The molecule has 0 aromatic carbocycles. The van der Waals surface area contributed by atoms with Gasteiger partial charge in [-0.15, -0.1) is 0 Å². The van der Waals surface area contributed by atoms with Crippen LogP contribution in [-0.4, -0.2) is 43.4 Å². The molecule has 7 heteroatoms. The van der Waals surface area contributed by atoms with Gasteiger partial charge in [0.15, 0.2) is 0 Å². The van der Waals surface area contributed by atoms with Crippen molar-refractivity contribution in [2.75, 3.05) is 13.1 Å². The van der Waals surface area contributed by atoms with E-state index in [1.54, 1.807) is 35.5 Å². The van der Waals surface area contributed by atoms with Gasteiger partial charge in [-0.1, -0.05) is 12.1 Å². The second-order valence-corrected chi connectivity index (χ2v) is 6.73. The summed E-state index contributed by atoms with van der Waals surface area (Å²) in [4.78, 5) is 35.5. The Morgan fingerprint density at radius 3 is 2.63 bits per heavy atom. The molecule has 0 bridgehead atoms. The van der Waals surface area contributed by atoms with E-state index in [0.29, 0.717) is 37.3 Å². The first-order chi connectivity index (χ1) is 13.1. The van der Waals surface area contributed by atoms with Crippen LogP contribution in [0.3, 0.4) is 0 Å². The van der Waals surface area contributed by atoms with Gasteiger partial charge in [0.2, 0.25) is 0 Å². The number of amides is 1. The highest BCUT2D eigenvalue weighted by Crippen LogP contribution is 2.29. The highest BCUT2D eigenvalue weighted by atomic mass is 16.3. The minimum Gasteiger partial charge on any atom is -0.387 e. The molecule has 0 spiro atoms. The first-order valence-corrected chi connectivity index (χ1v) is 9.00. The average Bonchev–Trinajstić information content (AvgIpc) is 2.74. The molecule has 1 amide bonds. The Labute approximate surface area is 155 Å². The van der Waals surface area contributed by atoms with E-state index >= 15 is 0 Å². The van der Waals surface area contributed by atoms with E-state index in [9.17, 15) is 14.7 Å². The third kappa shape index (κ3) is 3.33. The van der Waals surface area contributed by atoms with E-state index in [0.717, 1.165) is 0 Å². The molecule has 27 heavy (non-hydrogen) atoms. The first-order valence-electron chi connectivity index (χ1n) is 9.00. The van der Waals surface area contributed by atoms with Gasteiger partial charge in [0, 0.05) is 31.7 Å². The molecule has 3 aromatic heterocycles. The summed E-state index contributed by atoms with van der Waals surface area (Å²) in [6, 6.07) is 10.7. The Bertz CT molecular complexity index is 1010. The van der Waals surface area contributed by atoms with E-state index in [2.05, 4.69) is 9.97 Å². The summed E-state index contributed by atoms with van der Waals surface area (Å²) in [5, 5.41) is 10.5. The van der Waals surface area contributed by atoms with Gasteiger partial charge in [-0.05, 0) is 43.0 Å². The summed E-state index contributed by atoms with van der Waals surface area (Å²) < 4.78 is 1.38. The predicted octanol–water partition coefficient (Wildman–Crippen LogP) is 1.68. The molecule has 1 N–H and O–H groups in total. The summed E-state index contributed by atoms with van der Waals surface area (Å²) in [5.74, 6) is -0.267. The minimum atomic E-state index is -0.642. The van der Waals surface area contributed by atoms with Crippen molar-refractivity contribution in [3.63, 3.8) is 0 Å². The number of likely N-dealkylation sites (tertiary alicyclic amines) is 1. The summed E-state index contributed by atoms with van der Waals surface area (Å²) in [7, 11) is 0. The molecule has 4 rings (SSSR count). The van der Waals surface area contributed by atoms with Gasteiger partial charge >= 0.3 is 0 Å². The summed E-state index contributed by atoms with van der Waals surface area (Å²) in [6.07, 6.45) is 5.30. The molecular formula is C20H20N4O3. The Morgan fingerprint density at radius 1 is 1.11 bits per heavy atom. The van der Waals surface area contributed by atoms with Crippen LogP contribution in [0.2, 0.25) is 0 Å². The molecule has 0 aliphatic carbocycles. The number of hydrogen-bond acceptors (Lipinski definition) is 5. The maximum atomic E-state index is 12.8. The number of aliphatic hydroxyl groups excluding tert-OH is 1. The maximum absolute atomic E-state index is 12.8. The zero-order valence-corrected chi connectivity index (χ0v) is 14.7. The van der Waals surface area contributed by atoms with Crippen molar-refractivity contribution in [2.24, 2.45) is 5.92 Å². The SMILES string of the molecule is O=C(c1cnc2ccccn2c1=O)N1CCC(C(O)c2ccccn2)CC1. The molecule has 1 saturated heterocycles. The molecule has 0 saturated carbocycles. The van der Waals surface area contributed by atoms with Crippen molar-refractivity contribution < 1.29 is 9.90 Å². The number of fused-ring (bicyclic) bond motifs is 1. The molecule has 138 valence electrons. The predicted molar refractivity (Wildman–Crippen MR) is 99.3 cm³/mol. The monoisotopic (exact) mass is 364 g/mol. The Kier molecular flexibility index (Phi) is 4.68. The fourth-order valence-corrected chi connectivity index (χ4v) is 3.55. The second-order valence-electron chi connectivity index (χ2n) is 6.73. The van der Waals surface area contributed by atoms with Crippen molar-refractivity contribution in [1.29, 1.82) is 0 Å². The molecule has 3 aromatic rings. The Morgan fingerprint density at radius 2 is 1.89 bits per heavy atom. The summed E-state index contributed by atoms with van der Waals surface area (Å²) in [5.41, 5.74) is 0.874. The van der Waals surface area contributed by atoms with Crippen LogP contribution in [0.5, 0.6) is 0 Å². The van der Waals surface area contributed by atoms with Crippen LogP contribution < -0.4 is 5.56 Å². The van der Waals surface area contributed by atoms with Crippen LogP contribution in [0.15, 0.2) is 59.8 Å². The third-order valence-corrected chi connectivity index (χ3v) is 5.11. The van der Waals surface area contributed by atoms with E-state index in [4.69, 9.17) is 0 Å². The highest BCUT2D eigenvalue weighted by molar-refractivity contribution is 5.93. The lowest BCUT2D eigenvalue weighted by Gasteiger charge is -2.34. The number of rotatable bonds is 3. The van der Waals surface area contributed by atoms with Crippen molar-refractivity contribution in [1.82, 2.24) is 19.3 Å². The summed E-state index contributed by atoms with van der Waals surface area (Å²) in [6.45, 7) is 0.981. The lowest BCUT2D eigenvalue weighted by molar-refractivity contribution is 0.0446. The van der Waals surface area contributed by atoms with Gasteiger partial charge in [0.25, 0.3) is 11.5 Å². The van der Waals surface area contributed by atoms with Crippen molar-refractivity contribution in [3.05, 3.63) is 76.6 Å². The van der Waals surface area contributed by atoms with Crippen LogP contribution in [0.4, 0.5) is 0 Å². The molecule has 1 aliphatic rings. The smallest absolute Gasteiger partial charge is 0.270 e. The number of aromatic nitrogens is 3. The number of hydrogen-bond donors (Lipinski definition) is 1. The van der Waals surface area contributed by atoms with Gasteiger partial charge in [-0.25, -0.2) is 4.98 Å². The van der Waals surface area contributed by atoms with Crippen molar-refractivity contribution in [3.8, 4) is 0 Å². The lowest BCUT2D eigenvalue weighted by atomic mass is 9.89. The van der Waals surface area contributed by atoms with Crippen LogP contribution in [0.25, 0.3) is 5.65 Å². The van der Waals surface area contributed by atoms with Gasteiger partial charge in [-0.2, -0.15) is 0 Å². The van der Waals surface area contributed by atoms with E-state index < -0.39 is 6.10 Å². The van der Waals surface area contributed by atoms with Gasteiger partial charge in [0.05, 0.1) is 11.8 Å². The third-order valence-electron chi connectivity index (χ3n) is 5.11. The largest absolute Gasteiger partial charge is 0.387 e. The summed E-state index contributed by atoms with van der Waals surface area (Å²) >= 11 is 0. The molecule has 1 fully saturated rings. The van der Waals surface area contributed by atoms with E-state index in [-0.39, 0.29) is 22.9 Å². The van der Waals surface area contributed by atoms with Crippen LogP contribution in [0.1, 0.15) is 35.0 Å². The fraction of sp³-hybridized carbons (Fsp3) is 0.300. The molecule has 1 atom stereocenters. The normalized spacial score (nSPS) is 16.4. The zero-order valence-electron chi connectivity index (χ0n) is 14.7. The number of nitrogens with zero attached hydrogens (tertiary/aromatic N) is 4. The quantitative estimate of drug-likeness (QED) is 0.764. The van der Waals surface area contributed by atoms with Crippen LogP contribution in [-0.2, 0) is 0 Å². The van der Waals surface area contributed by atoms with Gasteiger partial charge < -0.3 is 10.0 Å². The molecule has 1 unspecified atom stereocenters. The first kappa shape index (κ1) is 17.4. The standard InChI is InChI=1S/C20H20N4O3/c25-18(16-5-1-3-9-21-16)14-7-11-23(12-8-14)19(26)15-13-22-17-6-2-4-10-24(17)20(15)27/h1-6,9-10,13-14,18,25H,7-8,11-12H2. The van der Waals surface area contributed by atoms with Crippen LogP contribution >= 0.6 is 0 Å². The van der Waals surface area contributed by atoms with Gasteiger partial charge in [0.1, 0.15) is 11.2 Å². The number of pyridine rings is 2. The topological polar surface area (TPSA) is 87.8 Å². The minimum absolute atomic E-state index is 0.0415. The molecule has 1 aliphatic heterocycles. The van der Waals surface area contributed by atoms with Crippen LogP contribution in [0, 0.1) is 5.92 Å². The number of carbonyl (C=O) groups excluding carboxylic acids is 1. The number of carbonyl (C=O) groups is 1. The van der Waals surface area contributed by atoms with Gasteiger partial charge in [-0.3, -0.25) is 19.0 Å². The molecule has 4 heterocycles. The molecule has 0 radical (unpaired) electrons.